The molecule has 176 valence electrons. The highest BCUT2D eigenvalue weighted by atomic mass is 32.2. The third-order valence-electron chi connectivity index (χ3n) is 5.65. The Morgan fingerprint density at radius 3 is 2.55 bits per heavy atom. The topological polar surface area (TPSA) is 83.8 Å². The van der Waals surface area contributed by atoms with Crippen molar-refractivity contribution in [2.24, 2.45) is 0 Å². The predicted octanol–water partition coefficient (Wildman–Crippen LogP) is 3.15. The largest absolute Gasteiger partial charge is 0.416 e. The van der Waals surface area contributed by atoms with Crippen LogP contribution < -0.4 is 5.32 Å². The summed E-state index contributed by atoms with van der Waals surface area (Å²) in [5, 5.41) is 2.73. The minimum absolute atomic E-state index is 0.0439. The van der Waals surface area contributed by atoms with Crippen molar-refractivity contribution < 1.29 is 26.4 Å². The Morgan fingerprint density at radius 2 is 1.88 bits per heavy atom. The molecule has 0 radical (unpaired) electrons. The average molecular weight is 481 g/mol. The third-order valence-corrected chi connectivity index (χ3v) is 6.60. The number of hydrogen-bond acceptors (Lipinski definition) is 5. The summed E-state index contributed by atoms with van der Waals surface area (Å²) in [6, 6.07) is 10.2. The fourth-order valence-corrected chi connectivity index (χ4v) is 4.81. The number of halogens is 3. The van der Waals surface area contributed by atoms with Crippen LogP contribution >= 0.6 is 0 Å². The molecular formula is C22H23F3N4O3S. The van der Waals surface area contributed by atoms with Crippen LogP contribution in [0.4, 0.5) is 13.2 Å². The molecule has 33 heavy (non-hydrogen) atoms. The molecule has 0 unspecified atom stereocenters. The van der Waals surface area contributed by atoms with Gasteiger partial charge in [0.2, 0.25) is 15.0 Å². The fraction of sp³-hybridized carbons (Fsp3) is 0.364. The number of likely N-dealkylation sites (tertiary alicyclic amines) is 1. The molecule has 0 aliphatic carbocycles. The maximum absolute atomic E-state index is 12.9. The lowest BCUT2D eigenvalue weighted by Gasteiger charge is -2.32. The van der Waals surface area contributed by atoms with Gasteiger partial charge in [-0.3, -0.25) is 14.1 Å². The Morgan fingerprint density at radius 1 is 1.15 bits per heavy atom. The summed E-state index contributed by atoms with van der Waals surface area (Å²) in [6.07, 6.45) is -0.551. The van der Waals surface area contributed by atoms with Crippen molar-refractivity contribution >= 4 is 21.3 Å². The molecule has 1 aliphatic rings. The molecular weight excluding hydrogens is 457 g/mol. The second-order valence-electron chi connectivity index (χ2n) is 8.19. The number of sulfone groups is 1. The van der Waals surface area contributed by atoms with Gasteiger partial charge in [0.25, 0.3) is 5.91 Å². The van der Waals surface area contributed by atoms with E-state index in [1.165, 1.54) is 10.5 Å². The molecule has 4 rings (SSSR count). The lowest BCUT2D eigenvalue weighted by Crippen LogP contribution is -2.44. The summed E-state index contributed by atoms with van der Waals surface area (Å²) in [7, 11) is -3.63. The average Bonchev–Trinajstić information content (AvgIpc) is 3.15. The van der Waals surface area contributed by atoms with E-state index < -0.39 is 27.5 Å². The number of imidazole rings is 1. The number of carbonyl (C=O) groups excluding carboxylic acids is 1. The molecule has 1 amide bonds. The smallest absolute Gasteiger partial charge is 0.348 e. The molecule has 0 spiro atoms. The van der Waals surface area contributed by atoms with Gasteiger partial charge < -0.3 is 5.32 Å². The van der Waals surface area contributed by atoms with Crippen molar-refractivity contribution in [1.82, 2.24) is 19.6 Å². The number of pyridine rings is 1. The summed E-state index contributed by atoms with van der Waals surface area (Å²) in [5.74, 6) is -0.454. The molecule has 1 aliphatic heterocycles. The first kappa shape index (κ1) is 23.2. The summed E-state index contributed by atoms with van der Waals surface area (Å²) in [4.78, 5) is 19.0. The summed E-state index contributed by atoms with van der Waals surface area (Å²) in [5.41, 5.74) is 0.368. The lowest BCUT2D eigenvalue weighted by molar-refractivity contribution is -0.137. The Labute approximate surface area is 189 Å². The molecule has 3 heterocycles. The van der Waals surface area contributed by atoms with E-state index in [1.807, 2.05) is 4.90 Å². The highest BCUT2D eigenvalue weighted by Gasteiger charge is 2.31. The Hall–Kier alpha value is -2.92. The zero-order chi connectivity index (χ0) is 23.8. The monoisotopic (exact) mass is 480 g/mol. The zero-order valence-corrected chi connectivity index (χ0v) is 18.7. The molecule has 11 heteroatoms. The molecule has 3 aromatic rings. The van der Waals surface area contributed by atoms with Crippen LogP contribution in [0.5, 0.6) is 0 Å². The number of amides is 1. The van der Waals surface area contributed by atoms with Gasteiger partial charge in [-0.1, -0.05) is 24.3 Å². The molecule has 0 bridgehead atoms. The van der Waals surface area contributed by atoms with Crippen molar-refractivity contribution in [2.75, 3.05) is 19.3 Å². The first-order valence-corrected chi connectivity index (χ1v) is 12.3. The molecule has 0 saturated carbocycles. The van der Waals surface area contributed by atoms with Crippen LogP contribution in [0.25, 0.3) is 5.52 Å². The number of piperidine rings is 1. The van der Waals surface area contributed by atoms with Gasteiger partial charge in [0.05, 0.1) is 11.1 Å². The number of fused-ring (bicyclic) bond motifs is 1. The first-order chi connectivity index (χ1) is 15.5. The van der Waals surface area contributed by atoms with Gasteiger partial charge in [-0.25, -0.2) is 13.4 Å². The Balaban J connectivity index is 1.40. The summed E-state index contributed by atoms with van der Waals surface area (Å²) < 4.78 is 64.3. The summed E-state index contributed by atoms with van der Waals surface area (Å²) in [6.45, 7) is 1.62. The van der Waals surface area contributed by atoms with Gasteiger partial charge in [0.15, 0.2) is 5.69 Å². The van der Waals surface area contributed by atoms with Crippen LogP contribution in [0.15, 0.2) is 53.8 Å². The SMILES string of the molecule is CS(=O)(=O)c1nc(C(=O)NC2CCN(Cc3cccc(C(F)(F)F)c3)CC2)c2ccccn12. The first-order valence-electron chi connectivity index (χ1n) is 10.4. The highest BCUT2D eigenvalue weighted by Crippen LogP contribution is 2.30. The van der Waals surface area contributed by atoms with E-state index in [1.54, 1.807) is 30.5 Å². The van der Waals surface area contributed by atoms with Crippen molar-refractivity contribution in [2.45, 2.75) is 36.8 Å². The predicted molar refractivity (Wildman–Crippen MR) is 116 cm³/mol. The van der Waals surface area contributed by atoms with Gasteiger partial charge >= 0.3 is 6.18 Å². The second kappa shape index (κ2) is 8.79. The second-order valence-corrected chi connectivity index (χ2v) is 10.1. The maximum atomic E-state index is 12.9. The molecule has 1 fully saturated rings. The lowest BCUT2D eigenvalue weighted by atomic mass is 10.0. The number of nitrogens with one attached hydrogen (secondary N) is 1. The van der Waals surface area contributed by atoms with Gasteiger partial charge in [-0.2, -0.15) is 13.2 Å². The molecule has 0 atom stereocenters. The van der Waals surface area contributed by atoms with E-state index in [0.29, 0.717) is 43.6 Å². The molecule has 2 aromatic heterocycles. The van der Waals surface area contributed by atoms with Gasteiger partial charge in [0.1, 0.15) is 0 Å². The molecule has 1 saturated heterocycles. The van der Waals surface area contributed by atoms with Crippen LogP contribution in [0.3, 0.4) is 0 Å². The van der Waals surface area contributed by atoms with E-state index >= 15 is 0 Å². The van der Waals surface area contributed by atoms with Crippen LogP contribution in [0.1, 0.15) is 34.5 Å². The third kappa shape index (κ3) is 5.19. The standard InChI is InChI=1S/C22H23F3N4O3S/c1-33(31,32)21-27-19(18-7-2-3-10-29(18)21)20(30)26-17-8-11-28(12-9-17)14-15-5-4-6-16(13-15)22(23,24)25/h2-7,10,13,17H,8-9,11-12,14H2,1H3,(H,26,30). The van der Waals surface area contributed by atoms with Crippen LogP contribution in [-0.2, 0) is 22.6 Å². The van der Waals surface area contributed by atoms with Crippen LogP contribution in [0.2, 0.25) is 0 Å². The Kier molecular flexibility index (Phi) is 6.19. The summed E-state index contributed by atoms with van der Waals surface area (Å²) >= 11 is 0. The number of benzene rings is 1. The van der Waals surface area contributed by atoms with E-state index in [0.717, 1.165) is 18.4 Å². The maximum Gasteiger partial charge on any atom is 0.416 e. The molecule has 7 nitrogen and oxygen atoms in total. The number of hydrogen-bond donors (Lipinski definition) is 1. The fourth-order valence-electron chi connectivity index (χ4n) is 4.03. The van der Waals surface area contributed by atoms with Crippen molar-refractivity contribution in [3.05, 3.63) is 65.5 Å². The van der Waals surface area contributed by atoms with E-state index in [-0.39, 0.29) is 16.9 Å². The van der Waals surface area contributed by atoms with E-state index in [9.17, 15) is 26.4 Å². The quantitative estimate of drug-likeness (QED) is 0.607. The number of carbonyl (C=O) groups is 1. The van der Waals surface area contributed by atoms with Crippen LogP contribution in [0, 0.1) is 0 Å². The minimum atomic E-state index is -4.37. The number of alkyl halides is 3. The van der Waals surface area contributed by atoms with Crippen molar-refractivity contribution in [3.63, 3.8) is 0 Å². The Bertz CT molecular complexity index is 1280. The molecule has 1 N–H and O–H groups in total. The highest BCUT2D eigenvalue weighted by molar-refractivity contribution is 7.90. The minimum Gasteiger partial charge on any atom is -0.348 e. The van der Waals surface area contributed by atoms with Crippen molar-refractivity contribution in [1.29, 1.82) is 0 Å². The van der Waals surface area contributed by atoms with Gasteiger partial charge in [0, 0.05) is 38.1 Å². The van der Waals surface area contributed by atoms with Crippen LogP contribution in [-0.4, -0.2) is 54.0 Å². The van der Waals surface area contributed by atoms with Crippen molar-refractivity contribution in [3.8, 4) is 0 Å². The number of nitrogens with zero attached hydrogens (tertiary/aromatic N) is 3. The van der Waals surface area contributed by atoms with E-state index in [4.69, 9.17) is 0 Å². The van der Waals surface area contributed by atoms with E-state index in [2.05, 4.69) is 10.3 Å². The number of aromatic nitrogens is 2. The number of rotatable bonds is 5. The zero-order valence-electron chi connectivity index (χ0n) is 17.8. The van der Waals surface area contributed by atoms with Gasteiger partial charge in [-0.05, 0) is 36.6 Å². The normalized spacial score (nSPS) is 16.2. The van der Waals surface area contributed by atoms with Gasteiger partial charge in [-0.15, -0.1) is 0 Å². The molecule has 1 aromatic carbocycles.